The van der Waals surface area contributed by atoms with Crippen LogP contribution >= 0.6 is 0 Å². The predicted molar refractivity (Wildman–Crippen MR) is 93.1 cm³/mol. The van der Waals surface area contributed by atoms with Gasteiger partial charge >= 0.3 is 0 Å². The smallest absolute Gasteiger partial charge is 0.230 e. The summed E-state index contributed by atoms with van der Waals surface area (Å²) in [7, 11) is 0. The van der Waals surface area contributed by atoms with Crippen LogP contribution in [-0.4, -0.2) is 33.4 Å². The van der Waals surface area contributed by atoms with Crippen molar-refractivity contribution in [2.24, 2.45) is 0 Å². The second-order valence-corrected chi connectivity index (χ2v) is 6.77. The van der Waals surface area contributed by atoms with Gasteiger partial charge < -0.3 is 13.9 Å². The number of aryl methyl sites for hydroxylation is 3. The molecule has 0 radical (unpaired) electrons. The summed E-state index contributed by atoms with van der Waals surface area (Å²) >= 11 is 0. The molecule has 0 saturated carbocycles. The molecule has 2 atom stereocenters. The number of rotatable bonds is 4. The van der Waals surface area contributed by atoms with Gasteiger partial charge in [-0.15, -0.1) is 0 Å². The number of amides is 1. The first-order valence-electron chi connectivity index (χ1n) is 8.88. The van der Waals surface area contributed by atoms with Crippen molar-refractivity contribution >= 4 is 5.91 Å². The summed E-state index contributed by atoms with van der Waals surface area (Å²) in [6.45, 7) is 9.57. The Hall–Kier alpha value is -2.04. The van der Waals surface area contributed by atoms with Gasteiger partial charge in [-0.25, -0.2) is 4.98 Å². The Morgan fingerprint density at radius 2 is 2.25 bits per heavy atom. The van der Waals surface area contributed by atoms with Crippen LogP contribution in [0.5, 0.6) is 0 Å². The minimum absolute atomic E-state index is 0.158. The molecule has 2 aromatic rings. The van der Waals surface area contributed by atoms with Gasteiger partial charge in [-0.3, -0.25) is 4.79 Å². The summed E-state index contributed by atoms with van der Waals surface area (Å²) in [5.41, 5.74) is 1.01. The fourth-order valence-electron chi connectivity index (χ4n) is 3.82. The van der Waals surface area contributed by atoms with Crippen molar-refractivity contribution in [1.82, 2.24) is 14.5 Å². The third-order valence-corrected chi connectivity index (χ3v) is 5.08. The van der Waals surface area contributed by atoms with Crippen molar-refractivity contribution in [3.05, 3.63) is 41.4 Å². The van der Waals surface area contributed by atoms with Gasteiger partial charge in [0.15, 0.2) is 0 Å². The van der Waals surface area contributed by atoms with E-state index in [1.165, 1.54) is 0 Å². The van der Waals surface area contributed by atoms with Gasteiger partial charge in [0.1, 0.15) is 17.3 Å². The molecule has 0 aromatic carbocycles. The summed E-state index contributed by atoms with van der Waals surface area (Å²) in [6, 6.07) is 2.32. The van der Waals surface area contributed by atoms with E-state index < -0.39 is 0 Å². The van der Waals surface area contributed by atoms with Crippen molar-refractivity contribution in [2.45, 2.75) is 58.9 Å². The van der Waals surface area contributed by atoms with Crippen LogP contribution in [0.1, 0.15) is 61.6 Å². The Kier molecular flexibility index (Phi) is 4.78. The maximum Gasteiger partial charge on any atom is 0.230 e. The summed E-state index contributed by atoms with van der Waals surface area (Å²) in [5.74, 6) is 2.86. The first-order chi connectivity index (χ1) is 11.5. The molecule has 1 aliphatic heterocycles. The number of carbonyl (C=O) groups is 1. The quantitative estimate of drug-likeness (QED) is 0.861. The van der Waals surface area contributed by atoms with Gasteiger partial charge in [0, 0.05) is 37.5 Å². The van der Waals surface area contributed by atoms with E-state index in [2.05, 4.69) is 16.5 Å². The van der Waals surface area contributed by atoms with Crippen LogP contribution in [0, 0.1) is 13.8 Å². The summed E-state index contributed by atoms with van der Waals surface area (Å²) in [4.78, 5) is 19.4. The Bertz CT molecular complexity index is 716. The molecular formula is C19H27N3O2. The van der Waals surface area contributed by atoms with Crippen LogP contribution in [0.3, 0.4) is 0 Å². The van der Waals surface area contributed by atoms with Crippen molar-refractivity contribution < 1.29 is 9.21 Å². The minimum atomic E-state index is -0.158. The zero-order valence-electron chi connectivity index (χ0n) is 15.1. The first-order valence-corrected chi connectivity index (χ1v) is 8.88. The first kappa shape index (κ1) is 16.8. The topological polar surface area (TPSA) is 51.3 Å². The molecule has 1 amide bonds. The maximum atomic E-state index is 13.0. The zero-order chi connectivity index (χ0) is 17.3. The number of aromatic nitrogens is 2. The predicted octanol–water partition coefficient (Wildman–Crippen LogP) is 3.62. The number of likely N-dealkylation sites (tertiary alicyclic amines) is 1. The van der Waals surface area contributed by atoms with E-state index in [1.807, 2.05) is 44.1 Å². The summed E-state index contributed by atoms with van der Waals surface area (Å²) in [6.07, 6.45) is 6.96. The lowest BCUT2D eigenvalue weighted by atomic mass is 9.97. The molecule has 2 aromatic heterocycles. The van der Waals surface area contributed by atoms with Gasteiger partial charge in [0.05, 0.1) is 12.0 Å². The third-order valence-electron chi connectivity index (χ3n) is 5.08. The molecule has 3 heterocycles. The molecular weight excluding hydrogens is 302 g/mol. The highest BCUT2D eigenvalue weighted by atomic mass is 16.3. The van der Waals surface area contributed by atoms with Gasteiger partial charge in [0.25, 0.3) is 0 Å². The average molecular weight is 329 g/mol. The van der Waals surface area contributed by atoms with Gasteiger partial charge in [-0.05, 0) is 39.7 Å². The second kappa shape index (κ2) is 6.83. The lowest BCUT2D eigenvalue weighted by molar-refractivity contribution is -0.134. The van der Waals surface area contributed by atoms with Gasteiger partial charge in [-0.1, -0.05) is 6.92 Å². The summed E-state index contributed by atoms with van der Waals surface area (Å²) in [5, 5.41) is 0. The maximum absolute atomic E-state index is 13.0. The highest BCUT2D eigenvalue weighted by Gasteiger charge is 2.30. The Labute approximate surface area is 143 Å². The lowest BCUT2D eigenvalue weighted by Crippen LogP contribution is -2.42. The molecule has 24 heavy (non-hydrogen) atoms. The number of hydrogen-bond donors (Lipinski definition) is 0. The van der Waals surface area contributed by atoms with E-state index in [-0.39, 0.29) is 11.8 Å². The zero-order valence-corrected chi connectivity index (χ0v) is 15.1. The number of imidazole rings is 1. The third kappa shape index (κ3) is 3.12. The fraction of sp³-hybridized carbons (Fsp3) is 0.579. The van der Waals surface area contributed by atoms with Crippen molar-refractivity contribution in [3.63, 3.8) is 0 Å². The SMILES string of the molecule is CCc1nccn1[C@@H]1CCCN(C(=O)[C@H](C)c2cc(C)oc2C)C1. The van der Waals surface area contributed by atoms with Crippen LogP contribution in [0.2, 0.25) is 0 Å². The van der Waals surface area contributed by atoms with E-state index in [4.69, 9.17) is 4.42 Å². The van der Waals surface area contributed by atoms with Crippen molar-refractivity contribution in [2.75, 3.05) is 13.1 Å². The Morgan fingerprint density at radius 1 is 1.46 bits per heavy atom. The lowest BCUT2D eigenvalue weighted by Gasteiger charge is -2.35. The Morgan fingerprint density at radius 3 is 2.92 bits per heavy atom. The molecule has 5 nitrogen and oxygen atoms in total. The summed E-state index contributed by atoms with van der Waals surface area (Å²) < 4.78 is 7.85. The molecule has 0 bridgehead atoms. The number of piperidine rings is 1. The second-order valence-electron chi connectivity index (χ2n) is 6.77. The number of furan rings is 1. The Balaban J connectivity index is 1.74. The molecule has 1 fully saturated rings. The van der Waals surface area contributed by atoms with E-state index in [0.717, 1.165) is 55.3 Å². The van der Waals surface area contributed by atoms with Crippen LogP contribution in [-0.2, 0) is 11.2 Å². The van der Waals surface area contributed by atoms with Crippen LogP contribution in [0.4, 0.5) is 0 Å². The number of nitrogens with zero attached hydrogens (tertiary/aromatic N) is 3. The monoisotopic (exact) mass is 329 g/mol. The molecule has 0 aliphatic carbocycles. The van der Waals surface area contributed by atoms with Crippen LogP contribution in [0.25, 0.3) is 0 Å². The molecule has 0 spiro atoms. The standard InChI is InChI=1S/C19H27N3O2/c1-5-18-20-8-10-22(18)16-7-6-9-21(12-16)19(23)14(3)17-11-13(2)24-15(17)4/h8,10-11,14,16H,5-7,9,12H2,1-4H3/t14-,16-/m1/s1. The normalized spacial score (nSPS) is 19.5. The van der Waals surface area contributed by atoms with Crippen LogP contribution < -0.4 is 0 Å². The molecule has 5 heteroatoms. The largest absolute Gasteiger partial charge is 0.466 e. The minimum Gasteiger partial charge on any atom is -0.466 e. The van der Waals surface area contributed by atoms with E-state index in [1.54, 1.807) is 0 Å². The highest BCUT2D eigenvalue weighted by Crippen LogP contribution is 2.29. The number of hydrogen-bond acceptors (Lipinski definition) is 3. The molecule has 0 unspecified atom stereocenters. The van der Waals surface area contributed by atoms with E-state index >= 15 is 0 Å². The highest BCUT2D eigenvalue weighted by molar-refractivity contribution is 5.83. The fourth-order valence-corrected chi connectivity index (χ4v) is 3.82. The molecule has 3 rings (SSSR count). The van der Waals surface area contributed by atoms with Gasteiger partial charge in [0.2, 0.25) is 5.91 Å². The number of carbonyl (C=O) groups excluding carboxylic acids is 1. The van der Waals surface area contributed by atoms with E-state index in [9.17, 15) is 4.79 Å². The molecule has 0 N–H and O–H groups in total. The van der Waals surface area contributed by atoms with Crippen LogP contribution in [0.15, 0.2) is 22.9 Å². The van der Waals surface area contributed by atoms with Gasteiger partial charge in [-0.2, -0.15) is 0 Å². The molecule has 130 valence electrons. The van der Waals surface area contributed by atoms with Crippen molar-refractivity contribution in [1.29, 1.82) is 0 Å². The van der Waals surface area contributed by atoms with E-state index in [0.29, 0.717) is 6.04 Å². The molecule has 1 aliphatic rings. The van der Waals surface area contributed by atoms with Crippen molar-refractivity contribution in [3.8, 4) is 0 Å². The average Bonchev–Trinajstić information content (AvgIpc) is 3.19. The molecule has 1 saturated heterocycles.